The molecular formula is C16H27N3O. The van der Waals surface area contributed by atoms with Crippen LogP contribution < -0.4 is 10.2 Å². The summed E-state index contributed by atoms with van der Waals surface area (Å²) in [5, 5.41) is 3.21. The van der Waals surface area contributed by atoms with E-state index in [9.17, 15) is 0 Å². The molecule has 0 amide bonds. The molecule has 112 valence electrons. The van der Waals surface area contributed by atoms with Crippen LogP contribution in [0.3, 0.4) is 0 Å². The van der Waals surface area contributed by atoms with Crippen molar-refractivity contribution in [1.82, 2.24) is 10.3 Å². The number of nitrogens with one attached hydrogen (secondary N) is 1. The lowest BCUT2D eigenvalue weighted by molar-refractivity contribution is 0.0440. The molecule has 1 saturated heterocycles. The van der Waals surface area contributed by atoms with Gasteiger partial charge in [-0.3, -0.25) is 4.98 Å². The minimum absolute atomic E-state index is 0.297. The third kappa shape index (κ3) is 3.93. The van der Waals surface area contributed by atoms with E-state index in [1.165, 1.54) is 18.5 Å². The van der Waals surface area contributed by atoms with Crippen molar-refractivity contribution < 1.29 is 4.74 Å². The van der Waals surface area contributed by atoms with E-state index in [0.717, 1.165) is 31.8 Å². The fraction of sp³-hybridized carbons (Fsp3) is 0.688. The predicted molar refractivity (Wildman–Crippen MR) is 83.2 cm³/mol. The molecule has 4 heteroatoms. The van der Waals surface area contributed by atoms with E-state index in [1.807, 2.05) is 13.2 Å². The molecule has 1 fully saturated rings. The quantitative estimate of drug-likeness (QED) is 0.867. The zero-order valence-electron chi connectivity index (χ0n) is 12.9. The second-order valence-electron chi connectivity index (χ2n) is 5.53. The van der Waals surface area contributed by atoms with Crippen molar-refractivity contribution in [2.24, 2.45) is 0 Å². The number of piperidine rings is 1. The first-order valence-corrected chi connectivity index (χ1v) is 7.74. The Labute approximate surface area is 122 Å². The first kappa shape index (κ1) is 15.3. The molecule has 2 heterocycles. The second kappa shape index (κ2) is 7.60. The molecule has 0 aliphatic carbocycles. The Morgan fingerprint density at radius 3 is 3.00 bits per heavy atom. The average Bonchev–Trinajstić information content (AvgIpc) is 2.52. The summed E-state index contributed by atoms with van der Waals surface area (Å²) >= 11 is 0. The Balaban J connectivity index is 1.96. The highest BCUT2D eigenvalue weighted by molar-refractivity contribution is 5.45. The van der Waals surface area contributed by atoms with Crippen molar-refractivity contribution in [3.63, 3.8) is 0 Å². The first-order chi connectivity index (χ1) is 9.74. The van der Waals surface area contributed by atoms with Crippen LogP contribution in [0.4, 0.5) is 5.69 Å². The Kier molecular flexibility index (Phi) is 5.80. The molecule has 2 unspecified atom stereocenters. The zero-order valence-corrected chi connectivity index (χ0v) is 12.9. The van der Waals surface area contributed by atoms with Gasteiger partial charge in [0.1, 0.15) is 0 Å². The van der Waals surface area contributed by atoms with Gasteiger partial charge in [0.15, 0.2) is 0 Å². The summed E-state index contributed by atoms with van der Waals surface area (Å²) in [6, 6.07) is 4.59. The number of hydrogen-bond acceptors (Lipinski definition) is 4. The predicted octanol–water partition coefficient (Wildman–Crippen LogP) is 2.76. The van der Waals surface area contributed by atoms with Gasteiger partial charge in [0.05, 0.1) is 23.7 Å². The lowest BCUT2D eigenvalue weighted by atomic mass is 10.1. The van der Waals surface area contributed by atoms with Crippen LogP contribution in [-0.4, -0.2) is 37.8 Å². The molecule has 0 bridgehead atoms. The summed E-state index contributed by atoms with van der Waals surface area (Å²) in [7, 11) is 1.96. The second-order valence-corrected chi connectivity index (χ2v) is 5.53. The van der Waals surface area contributed by atoms with Gasteiger partial charge in [-0.2, -0.15) is 0 Å². The van der Waals surface area contributed by atoms with Crippen molar-refractivity contribution in [3.05, 3.63) is 24.0 Å². The number of rotatable bonds is 6. The largest absolute Gasteiger partial charge is 0.376 e. The van der Waals surface area contributed by atoms with Crippen LogP contribution in [0.25, 0.3) is 0 Å². The molecule has 2 rings (SSSR count). The summed E-state index contributed by atoms with van der Waals surface area (Å²) in [5.41, 5.74) is 2.30. The Morgan fingerprint density at radius 1 is 1.50 bits per heavy atom. The van der Waals surface area contributed by atoms with Gasteiger partial charge in [0, 0.05) is 25.7 Å². The van der Waals surface area contributed by atoms with Crippen LogP contribution in [0.2, 0.25) is 0 Å². The van der Waals surface area contributed by atoms with Crippen LogP contribution in [0.5, 0.6) is 0 Å². The van der Waals surface area contributed by atoms with E-state index in [2.05, 4.69) is 41.2 Å². The minimum atomic E-state index is 0.297. The van der Waals surface area contributed by atoms with E-state index < -0.39 is 0 Å². The zero-order chi connectivity index (χ0) is 14.4. The van der Waals surface area contributed by atoms with Gasteiger partial charge in [-0.25, -0.2) is 0 Å². The maximum atomic E-state index is 5.89. The number of nitrogens with zero attached hydrogens (tertiary/aromatic N) is 2. The molecule has 20 heavy (non-hydrogen) atoms. The van der Waals surface area contributed by atoms with Crippen LogP contribution in [-0.2, 0) is 4.74 Å². The van der Waals surface area contributed by atoms with Crippen molar-refractivity contribution >= 4 is 5.69 Å². The van der Waals surface area contributed by atoms with Gasteiger partial charge in [0.25, 0.3) is 0 Å². The molecule has 1 aromatic rings. The molecule has 2 atom stereocenters. The van der Waals surface area contributed by atoms with E-state index in [1.54, 1.807) is 0 Å². The monoisotopic (exact) mass is 277 g/mol. The van der Waals surface area contributed by atoms with Crippen LogP contribution >= 0.6 is 0 Å². The molecule has 0 spiro atoms. The summed E-state index contributed by atoms with van der Waals surface area (Å²) in [6.45, 7) is 7.25. The minimum Gasteiger partial charge on any atom is -0.376 e. The third-order valence-corrected chi connectivity index (χ3v) is 3.95. The van der Waals surface area contributed by atoms with Crippen LogP contribution in [0.15, 0.2) is 18.3 Å². The molecule has 1 aliphatic rings. The Bertz CT molecular complexity index is 393. The number of ether oxygens (including phenoxy) is 1. The van der Waals surface area contributed by atoms with E-state index in [-0.39, 0.29) is 0 Å². The lowest BCUT2D eigenvalue weighted by Crippen LogP contribution is -2.39. The molecular weight excluding hydrogens is 250 g/mol. The van der Waals surface area contributed by atoms with Crippen molar-refractivity contribution in [2.75, 3.05) is 31.6 Å². The maximum Gasteiger partial charge on any atom is 0.0750 e. The number of aromatic nitrogens is 1. The van der Waals surface area contributed by atoms with E-state index in [0.29, 0.717) is 12.1 Å². The molecule has 0 radical (unpaired) electrons. The fourth-order valence-electron chi connectivity index (χ4n) is 2.58. The highest BCUT2D eigenvalue weighted by Crippen LogP contribution is 2.22. The molecule has 1 aromatic heterocycles. The van der Waals surface area contributed by atoms with Crippen molar-refractivity contribution in [1.29, 1.82) is 0 Å². The van der Waals surface area contributed by atoms with Gasteiger partial charge in [-0.1, -0.05) is 6.92 Å². The first-order valence-electron chi connectivity index (χ1n) is 7.74. The van der Waals surface area contributed by atoms with Crippen molar-refractivity contribution in [2.45, 2.75) is 45.3 Å². The Morgan fingerprint density at radius 2 is 2.35 bits per heavy atom. The van der Waals surface area contributed by atoms with Gasteiger partial charge in [0.2, 0.25) is 0 Å². The number of hydrogen-bond donors (Lipinski definition) is 1. The lowest BCUT2D eigenvalue weighted by Gasteiger charge is -2.34. The van der Waals surface area contributed by atoms with Gasteiger partial charge >= 0.3 is 0 Å². The highest BCUT2D eigenvalue weighted by Gasteiger charge is 2.20. The normalized spacial score (nSPS) is 20.9. The van der Waals surface area contributed by atoms with E-state index >= 15 is 0 Å². The van der Waals surface area contributed by atoms with E-state index in [4.69, 9.17) is 4.74 Å². The van der Waals surface area contributed by atoms with Crippen LogP contribution in [0.1, 0.15) is 44.8 Å². The van der Waals surface area contributed by atoms with Gasteiger partial charge in [-0.05, 0) is 45.4 Å². The smallest absolute Gasteiger partial charge is 0.0750 e. The molecule has 1 N–H and O–H groups in total. The molecule has 0 saturated carbocycles. The average molecular weight is 277 g/mol. The van der Waals surface area contributed by atoms with Crippen LogP contribution in [0, 0.1) is 0 Å². The number of pyridine rings is 1. The fourth-order valence-corrected chi connectivity index (χ4v) is 2.58. The highest BCUT2D eigenvalue weighted by atomic mass is 16.5. The summed E-state index contributed by atoms with van der Waals surface area (Å²) < 4.78 is 5.89. The third-order valence-electron chi connectivity index (χ3n) is 3.95. The standard InChI is InChI=1S/C16H27N3O/c1-4-10-20-15-6-5-9-19(12-15)14-7-8-16(18-11-14)13(2)17-3/h7-8,11,13,15,17H,4-6,9-10,12H2,1-3H3. The summed E-state index contributed by atoms with van der Waals surface area (Å²) in [6.07, 6.45) is 5.83. The SMILES string of the molecule is CCCOC1CCCN(c2ccc(C(C)NC)nc2)C1. The molecule has 1 aliphatic heterocycles. The van der Waals surface area contributed by atoms with Gasteiger partial charge < -0.3 is 15.0 Å². The summed E-state index contributed by atoms with van der Waals surface area (Å²) in [5.74, 6) is 0. The Hall–Kier alpha value is -1.13. The number of anilines is 1. The summed E-state index contributed by atoms with van der Waals surface area (Å²) in [4.78, 5) is 6.96. The molecule has 0 aromatic carbocycles. The molecule has 4 nitrogen and oxygen atoms in total. The maximum absolute atomic E-state index is 5.89. The van der Waals surface area contributed by atoms with Gasteiger partial charge in [-0.15, -0.1) is 0 Å². The topological polar surface area (TPSA) is 37.4 Å². The van der Waals surface area contributed by atoms with Crippen molar-refractivity contribution in [3.8, 4) is 0 Å².